The highest BCUT2D eigenvalue weighted by Crippen LogP contribution is 2.49. The Labute approximate surface area is 238 Å². The molecule has 0 atom stereocenters. The summed E-state index contributed by atoms with van der Waals surface area (Å²) < 4.78 is 44.5. The van der Waals surface area contributed by atoms with Gasteiger partial charge in [0.2, 0.25) is 5.69 Å². The molecule has 178 valence electrons. The number of nitrogens with zero attached hydrogens (tertiary/aromatic N) is 2. The van der Waals surface area contributed by atoms with Crippen LogP contribution in [0.4, 0.5) is 11.4 Å². The lowest BCUT2D eigenvalue weighted by Gasteiger charge is -2.23. The lowest BCUT2D eigenvalue weighted by molar-refractivity contribution is -0.401. The zero-order valence-corrected chi connectivity index (χ0v) is 23.8. The number of halogens is 3. The van der Waals surface area contributed by atoms with E-state index in [0.29, 0.717) is 10.0 Å². The summed E-state index contributed by atoms with van der Waals surface area (Å²) in [6.45, 7) is 8.09. The molecule has 0 aromatic heterocycles. The molecule has 0 unspecified atom stereocenters. The van der Waals surface area contributed by atoms with Gasteiger partial charge < -0.3 is 28.9 Å². The number of fused-ring (bicyclic) bond motifs is 2. The topological polar surface area (TPSA) is 6.25 Å². The fourth-order valence-electron chi connectivity index (χ4n) is 4.94. The summed E-state index contributed by atoms with van der Waals surface area (Å²) in [5.74, 6) is 0. The predicted molar refractivity (Wildman–Crippen MR) is 144 cm³/mol. The second-order valence-corrected chi connectivity index (χ2v) is 10.2. The largest absolute Gasteiger partial charge is 1.00 e. The molecule has 0 bridgehead atoms. The van der Waals surface area contributed by atoms with Crippen molar-refractivity contribution in [1.29, 1.82) is 0 Å². The van der Waals surface area contributed by atoms with E-state index < -0.39 is 29.0 Å². The number of benzene rings is 2. The molecule has 2 heterocycles. The third kappa shape index (κ3) is 4.43. The first-order valence-electron chi connectivity index (χ1n) is 13.3. The molecule has 2 aliphatic heterocycles. The fourth-order valence-corrected chi connectivity index (χ4v) is 5.55. The van der Waals surface area contributed by atoms with Crippen LogP contribution >= 0.6 is 23.2 Å². The smallest absolute Gasteiger partial charge is 0.228 e. The average Bonchev–Trinajstić information content (AvgIpc) is 3.18. The number of likely N-dealkylation sites (N-methyl/N-ethyl adjacent to an activating group) is 1. The molecule has 0 radical (unpaired) electrons. The molecule has 0 saturated heterocycles. The van der Waals surface area contributed by atoms with Gasteiger partial charge in [-0.1, -0.05) is 91.6 Å². The molecule has 5 heteroatoms. The van der Waals surface area contributed by atoms with Gasteiger partial charge >= 0.3 is 0 Å². The molecule has 0 fully saturated rings. The van der Waals surface area contributed by atoms with E-state index in [1.807, 2.05) is 87.7 Å². The number of para-hydroxylation sites is 2. The molecular formula is C29H31Cl2IN2. The van der Waals surface area contributed by atoms with Gasteiger partial charge in [-0.3, -0.25) is 0 Å². The third-order valence-electron chi connectivity index (χ3n) is 6.68. The fraction of sp³-hybridized carbons (Fsp3) is 0.276. The highest BCUT2D eigenvalue weighted by atomic mass is 127. The Bertz CT molecular complexity index is 1520. The van der Waals surface area contributed by atoms with Crippen LogP contribution in [0.2, 0.25) is 10.0 Å². The van der Waals surface area contributed by atoms with Crippen molar-refractivity contribution in [2.24, 2.45) is 0 Å². The normalized spacial score (nSPS) is 23.1. The van der Waals surface area contributed by atoms with Crippen LogP contribution in [0.3, 0.4) is 0 Å². The van der Waals surface area contributed by atoms with Gasteiger partial charge in [-0.2, -0.15) is 4.58 Å². The highest BCUT2D eigenvalue weighted by molar-refractivity contribution is 6.34. The number of anilines is 1. The van der Waals surface area contributed by atoms with Crippen LogP contribution in [-0.2, 0) is 10.8 Å². The second-order valence-electron chi connectivity index (χ2n) is 9.36. The van der Waals surface area contributed by atoms with Gasteiger partial charge in [0.05, 0.1) is 23.0 Å². The Hall–Kier alpha value is -1.82. The molecule has 4 rings (SSSR count). The van der Waals surface area contributed by atoms with Crippen molar-refractivity contribution in [2.45, 2.75) is 38.5 Å². The molecule has 0 saturated carbocycles. The monoisotopic (exact) mass is 609 g/mol. The Morgan fingerprint density at radius 1 is 0.853 bits per heavy atom. The minimum Gasteiger partial charge on any atom is -1.00 e. The quantitative estimate of drug-likeness (QED) is 0.269. The van der Waals surface area contributed by atoms with Crippen LogP contribution < -0.4 is 28.9 Å². The Kier molecular flexibility index (Phi) is 6.02. The van der Waals surface area contributed by atoms with E-state index >= 15 is 0 Å². The summed E-state index contributed by atoms with van der Waals surface area (Å²) in [6.07, 6.45) is 3.10. The third-order valence-corrected chi connectivity index (χ3v) is 7.29. The van der Waals surface area contributed by atoms with Crippen molar-refractivity contribution in [3.05, 3.63) is 106 Å². The van der Waals surface area contributed by atoms with Crippen LogP contribution in [0.15, 0.2) is 84.5 Å². The standard InChI is InChI=1S/C29H31Cl2N2.HI/c1-28(2)20-14-12-16-22(30)26(20)32(5)24(28)18-10-8-7-9-11-19-25-29(3,4)21-15-13-17-23(31)27(21)33(25)6;/h7-19H,1-6H3;1H/q+1;/p-1/i7D,8D,9D,10D,11D;. The Balaban J connectivity index is 0.00000420. The minimum atomic E-state index is -0.489. The maximum absolute atomic E-state index is 8.58. The van der Waals surface area contributed by atoms with Crippen molar-refractivity contribution in [3.63, 3.8) is 0 Å². The average molecular weight is 610 g/mol. The molecule has 2 nitrogen and oxygen atoms in total. The van der Waals surface area contributed by atoms with Gasteiger partial charge in [-0.15, -0.1) is 0 Å². The van der Waals surface area contributed by atoms with E-state index in [1.54, 1.807) is 12.2 Å². The number of hydrogen-bond acceptors (Lipinski definition) is 1. The first kappa shape index (κ1) is 20.4. The van der Waals surface area contributed by atoms with Gasteiger partial charge in [0.15, 0.2) is 5.71 Å². The van der Waals surface area contributed by atoms with Gasteiger partial charge in [-0.05, 0) is 37.6 Å². The summed E-state index contributed by atoms with van der Waals surface area (Å²) in [6, 6.07) is 9.63. The molecule has 0 aliphatic carbocycles. The van der Waals surface area contributed by atoms with E-state index in [9.17, 15) is 0 Å². The molecule has 34 heavy (non-hydrogen) atoms. The summed E-state index contributed by atoms with van der Waals surface area (Å²) in [5, 5.41) is 1.20. The van der Waals surface area contributed by atoms with Crippen molar-refractivity contribution in [3.8, 4) is 0 Å². The van der Waals surface area contributed by atoms with Crippen molar-refractivity contribution in [1.82, 2.24) is 0 Å². The SMILES string of the molecule is [2H]C(=CC1=[N+](C)c2c(Cl)cccc2C1(C)C)C([2H])=C([2H])C([2H])=C([2H])C=C1N(C)c2c(Cl)cccc2C1(C)C.[I-]. The van der Waals surface area contributed by atoms with Crippen LogP contribution in [0.25, 0.3) is 0 Å². The van der Waals surface area contributed by atoms with E-state index in [1.165, 1.54) is 0 Å². The molecular weight excluding hydrogens is 574 g/mol. The lowest BCUT2D eigenvalue weighted by atomic mass is 9.81. The Morgan fingerprint density at radius 3 is 2.09 bits per heavy atom. The molecule has 2 aromatic carbocycles. The molecule has 2 aliphatic rings. The summed E-state index contributed by atoms with van der Waals surface area (Å²) in [4.78, 5) is 1.90. The zero-order chi connectivity index (χ0) is 28.3. The highest BCUT2D eigenvalue weighted by Gasteiger charge is 2.44. The van der Waals surface area contributed by atoms with Gasteiger partial charge in [0, 0.05) is 29.8 Å². The molecule has 2 aromatic rings. The van der Waals surface area contributed by atoms with E-state index in [0.717, 1.165) is 33.9 Å². The lowest BCUT2D eigenvalue weighted by Crippen LogP contribution is -3.00. The summed E-state index contributed by atoms with van der Waals surface area (Å²) >= 11 is 12.9. The summed E-state index contributed by atoms with van der Waals surface area (Å²) in [7, 11) is 3.73. The maximum Gasteiger partial charge on any atom is 0.228 e. The predicted octanol–water partition coefficient (Wildman–Crippen LogP) is 4.98. The van der Waals surface area contributed by atoms with Gasteiger partial charge in [-0.25, -0.2) is 0 Å². The van der Waals surface area contributed by atoms with E-state index in [4.69, 9.17) is 30.1 Å². The van der Waals surface area contributed by atoms with Crippen LogP contribution in [-0.4, -0.2) is 24.4 Å². The summed E-state index contributed by atoms with van der Waals surface area (Å²) in [5.41, 5.74) is 4.31. The van der Waals surface area contributed by atoms with E-state index in [2.05, 4.69) is 0 Å². The number of allylic oxidation sites excluding steroid dienone is 8. The first-order valence-corrected chi connectivity index (χ1v) is 11.6. The number of rotatable bonds is 4. The first-order chi connectivity index (χ1) is 17.6. The molecule has 0 N–H and O–H groups in total. The van der Waals surface area contributed by atoms with Crippen molar-refractivity contribution < 1.29 is 35.4 Å². The van der Waals surface area contributed by atoms with Crippen LogP contribution in [0, 0.1) is 0 Å². The van der Waals surface area contributed by atoms with E-state index in [-0.39, 0.29) is 36.1 Å². The Morgan fingerprint density at radius 2 is 1.44 bits per heavy atom. The molecule has 0 spiro atoms. The number of hydrogen-bond donors (Lipinski definition) is 0. The maximum atomic E-state index is 8.58. The van der Waals surface area contributed by atoms with Crippen molar-refractivity contribution >= 4 is 40.3 Å². The zero-order valence-electron chi connectivity index (χ0n) is 25.1. The van der Waals surface area contributed by atoms with Crippen molar-refractivity contribution in [2.75, 3.05) is 19.0 Å². The second kappa shape index (κ2) is 10.0. The van der Waals surface area contributed by atoms with Crippen LogP contribution in [0.5, 0.6) is 0 Å². The molecule has 0 amide bonds. The minimum absolute atomic E-state index is 0. The van der Waals surface area contributed by atoms with Crippen LogP contribution in [0.1, 0.15) is 45.7 Å². The van der Waals surface area contributed by atoms with Gasteiger partial charge in [0.25, 0.3) is 0 Å². The van der Waals surface area contributed by atoms with Gasteiger partial charge in [0.1, 0.15) is 12.1 Å².